The molecule has 0 spiro atoms. The summed E-state index contributed by atoms with van der Waals surface area (Å²) >= 11 is 0. The highest BCUT2D eigenvalue weighted by atomic mass is 32.2. The fourth-order valence-electron chi connectivity index (χ4n) is 4.03. The van der Waals surface area contributed by atoms with E-state index in [0.29, 0.717) is 0 Å². The first-order chi connectivity index (χ1) is 14.8. The van der Waals surface area contributed by atoms with Gasteiger partial charge in [-0.1, -0.05) is 48.5 Å². The van der Waals surface area contributed by atoms with Crippen molar-refractivity contribution >= 4 is 27.8 Å². The molecule has 10 heteroatoms. The van der Waals surface area contributed by atoms with Crippen LogP contribution in [0.15, 0.2) is 48.5 Å². The Morgan fingerprint density at radius 1 is 1.03 bits per heavy atom. The van der Waals surface area contributed by atoms with Gasteiger partial charge < -0.3 is 20.1 Å². The number of nitrogens with zero attached hydrogens (tertiary/aromatic N) is 1. The lowest BCUT2D eigenvalue weighted by molar-refractivity contribution is -0.147. The zero-order chi connectivity index (χ0) is 22.2. The van der Waals surface area contributed by atoms with Gasteiger partial charge in [-0.25, -0.2) is 18.0 Å². The Hall–Kier alpha value is -3.40. The quantitative estimate of drug-likeness (QED) is 0.708. The van der Waals surface area contributed by atoms with Crippen LogP contribution in [0.3, 0.4) is 0 Å². The van der Waals surface area contributed by atoms with Crippen LogP contribution >= 0.6 is 0 Å². The highest BCUT2D eigenvalue weighted by molar-refractivity contribution is 7.91. The number of carbonyl (C=O) groups excluding carboxylic acids is 2. The third-order valence-corrected chi connectivity index (χ3v) is 6.95. The molecule has 2 N–H and O–H groups in total. The maximum Gasteiger partial charge on any atom is 0.407 e. The summed E-state index contributed by atoms with van der Waals surface area (Å²) in [5.41, 5.74) is 4.24. The van der Waals surface area contributed by atoms with Gasteiger partial charge in [-0.15, -0.1) is 0 Å². The van der Waals surface area contributed by atoms with Crippen molar-refractivity contribution in [3.05, 3.63) is 59.7 Å². The average molecular weight is 444 g/mol. The monoisotopic (exact) mass is 444 g/mol. The van der Waals surface area contributed by atoms with E-state index in [9.17, 15) is 22.8 Å². The first-order valence-electron chi connectivity index (χ1n) is 9.58. The molecule has 0 unspecified atom stereocenters. The number of carbonyl (C=O) groups is 3. The summed E-state index contributed by atoms with van der Waals surface area (Å²) in [6, 6.07) is 14.2. The van der Waals surface area contributed by atoms with Gasteiger partial charge in [0, 0.05) is 5.92 Å². The predicted octanol–water partition coefficient (Wildman–Crippen LogP) is 1.19. The van der Waals surface area contributed by atoms with Gasteiger partial charge in [0.1, 0.15) is 25.1 Å². The molecule has 1 fully saturated rings. The van der Waals surface area contributed by atoms with Gasteiger partial charge in [0.2, 0.25) is 5.91 Å². The Morgan fingerprint density at radius 2 is 1.61 bits per heavy atom. The van der Waals surface area contributed by atoms with Gasteiger partial charge in [-0.2, -0.15) is 0 Å². The Labute approximate surface area is 178 Å². The van der Waals surface area contributed by atoms with E-state index in [2.05, 4.69) is 5.32 Å². The zero-order valence-electron chi connectivity index (χ0n) is 16.4. The molecule has 162 valence electrons. The summed E-state index contributed by atoms with van der Waals surface area (Å²) in [6.45, 7) is -0.500. The van der Waals surface area contributed by atoms with E-state index in [1.165, 1.54) is 0 Å². The van der Waals surface area contributed by atoms with E-state index in [4.69, 9.17) is 9.84 Å². The van der Waals surface area contributed by atoms with Crippen LogP contribution in [0.25, 0.3) is 11.1 Å². The number of sulfone groups is 1. The molecule has 2 aliphatic rings. The standard InChI is InChI=1S/C21H20N2O7S/c24-19(23-12-31(28,29)11-18(23)20(25)26)9-22-21(27)30-10-17-15-7-3-1-5-13(15)14-6-2-4-8-16(14)17/h1-8,17-18H,9-12H2,(H,22,27)(H,25,26)/t18-/m0/s1. The van der Waals surface area contributed by atoms with Crippen molar-refractivity contribution in [2.24, 2.45) is 0 Å². The first-order valence-corrected chi connectivity index (χ1v) is 11.4. The van der Waals surface area contributed by atoms with Gasteiger partial charge in [-0.3, -0.25) is 4.79 Å². The van der Waals surface area contributed by atoms with Gasteiger partial charge in [-0.05, 0) is 22.3 Å². The minimum atomic E-state index is -3.67. The molecule has 0 aromatic heterocycles. The van der Waals surface area contributed by atoms with Crippen molar-refractivity contribution in [2.75, 3.05) is 24.8 Å². The Balaban J connectivity index is 1.36. The molecule has 2 aromatic carbocycles. The second-order valence-corrected chi connectivity index (χ2v) is 9.51. The molecule has 2 aromatic rings. The number of carboxylic acids is 1. The second kappa shape index (κ2) is 8.03. The van der Waals surface area contributed by atoms with Gasteiger partial charge >= 0.3 is 12.1 Å². The Bertz CT molecular complexity index is 1120. The number of hydrogen-bond acceptors (Lipinski definition) is 6. The second-order valence-electron chi connectivity index (χ2n) is 7.44. The highest BCUT2D eigenvalue weighted by Crippen LogP contribution is 2.44. The number of fused-ring (bicyclic) bond motifs is 3. The number of alkyl carbamates (subject to hydrolysis) is 1. The SMILES string of the molecule is O=C(NCC(=O)N1CS(=O)(=O)C[C@H]1C(=O)O)OCC1c2ccccc2-c2ccccc21. The fraction of sp³-hybridized carbons (Fsp3) is 0.286. The van der Waals surface area contributed by atoms with E-state index in [1.807, 2.05) is 48.5 Å². The smallest absolute Gasteiger partial charge is 0.407 e. The van der Waals surface area contributed by atoms with Crippen molar-refractivity contribution < 1.29 is 32.6 Å². The number of ether oxygens (including phenoxy) is 1. The number of aliphatic carboxylic acids is 1. The van der Waals surface area contributed by atoms with Crippen molar-refractivity contribution in [1.29, 1.82) is 0 Å². The summed E-state index contributed by atoms with van der Waals surface area (Å²) in [4.78, 5) is 36.4. The third kappa shape index (κ3) is 4.11. The predicted molar refractivity (Wildman–Crippen MR) is 110 cm³/mol. The van der Waals surface area contributed by atoms with Crippen LogP contribution in [0.4, 0.5) is 4.79 Å². The maximum atomic E-state index is 12.3. The summed E-state index contributed by atoms with van der Waals surface area (Å²) < 4.78 is 28.7. The molecule has 0 saturated carbocycles. The van der Waals surface area contributed by atoms with E-state index in [1.54, 1.807) is 0 Å². The molecule has 1 aliphatic heterocycles. The lowest BCUT2D eigenvalue weighted by atomic mass is 9.98. The molecule has 0 bridgehead atoms. The normalized spacial score (nSPS) is 18.8. The van der Waals surface area contributed by atoms with Crippen LogP contribution in [-0.2, 0) is 24.2 Å². The van der Waals surface area contributed by atoms with E-state index < -0.39 is 52.0 Å². The lowest BCUT2D eigenvalue weighted by Crippen LogP contribution is -2.46. The molecule has 1 saturated heterocycles. The van der Waals surface area contributed by atoms with Crippen LogP contribution < -0.4 is 5.32 Å². The van der Waals surface area contributed by atoms with Crippen molar-refractivity contribution in [3.8, 4) is 11.1 Å². The summed E-state index contributed by atoms with van der Waals surface area (Å²) in [5.74, 6) is -3.68. The highest BCUT2D eigenvalue weighted by Gasteiger charge is 2.42. The molecule has 1 atom stereocenters. The molecule has 0 radical (unpaired) electrons. The van der Waals surface area contributed by atoms with E-state index in [0.717, 1.165) is 27.2 Å². The van der Waals surface area contributed by atoms with Crippen LogP contribution in [0, 0.1) is 0 Å². The fourth-order valence-corrected chi connectivity index (χ4v) is 5.69. The van der Waals surface area contributed by atoms with Crippen LogP contribution in [0.2, 0.25) is 0 Å². The summed E-state index contributed by atoms with van der Waals surface area (Å²) in [5, 5.41) is 11.4. The van der Waals surface area contributed by atoms with Crippen molar-refractivity contribution in [3.63, 3.8) is 0 Å². The number of amides is 2. The molecule has 1 heterocycles. The van der Waals surface area contributed by atoms with E-state index >= 15 is 0 Å². The average Bonchev–Trinajstić information content (AvgIpc) is 3.25. The van der Waals surface area contributed by atoms with Crippen molar-refractivity contribution in [1.82, 2.24) is 10.2 Å². The number of hydrogen-bond donors (Lipinski definition) is 2. The maximum absolute atomic E-state index is 12.3. The zero-order valence-corrected chi connectivity index (χ0v) is 17.2. The summed E-state index contributed by atoms with van der Waals surface area (Å²) in [7, 11) is -3.67. The number of nitrogens with one attached hydrogen (secondary N) is 1. The van der Waals surface area contributed by atoms with Gasteiger partial charge in [0.15, 0.2) is 9.84 Å². The summed E-state index contributed by atoms with van der Waals surface area (Å²) in [6.07, 6.45) is -0.843. The van der Waals surface area contributed by atoms with Crippen LogP contribution in [0.5, 0.6) is 0 Å². The number of rotatable bonds is 5. The number of benzene rings is 2. The molecule has 1 aliphatic carbocycles. The van der Waals surface area contributed by atoms with E-state index in [-0.39, 0.29) is 12.5 Å². The van der Waals surface area contributed by atoms with Gasteiger partial charge in [0.25, 0.3) is 0 Å². The number of carboxylic acid groups (broad SMARTS) is 1. The topological polar surface area (TPSA) is 130 Å². The Morgan fingerprint density at radius 3 is 2.19 bits per heavy atom. The lowest BCUT2D eigenvalue weighted by Gasteiger charge is -2.20. The molecular formula is C21H20N2O7S. The van der Waals surface area contributed by atoms with Gasteiger partial charge in [0.05, 0.1) is 5.75 Å². The largest absolute Gasteiger partial charge is 0.480 e. The Kier molecular flexibility index (Phi) is 5.40. The molecule has 9 nitrogen and oxygen atoms in total. The minimum absolute atomic E-state index is 0.0594. The molecule has 2 amide bonds. The van der Waals surface area contributed by atoms with Crippen LogP contribution in [-0.4, -0.2) is 67.2 Å². The molecule has 4 rings (SSSR count). The van der Waals surface area contributed by atoms with Crippen molar-refractivity contribution in [2.45, 2.75) is 12.0 Å². The third-order valence-electron chi connectivity index (χ3n) is 5.46. The first kappa shape index (κ1) is 20.9. The molecule has 31 heavy (non-hydrogen) atoms. The molecular weight excluding hydrogens is 424 g/mol. The minimum Gasteiger partial charge on any atom is -0.480 e. The van der Waals surface area contributed by atoms with Crippen LogP contribution in [0.1, 0.15) is 17.0 Å².